The minimum atomic E-state index is -0.243. The number of rotatable bonds is 1. The SMILES string of the molecule is Cc1c(N)cnn1C(C)C#N. The fourth-order valence-corrected chi connectivity index (χ4v) is 0.882. The van der Waals surface area contributed by atoms with Gasteiger partial charge in [-0.05, 0) is 13.8 Å². The van der Waals surface area contributed by atoms with Crippen molar-refractivity contribution in [3.63, 3.8) is 0 Å². The normalized spacial score (nSPS) is 12.5. The molecule has 1 heterocycles. The van der Waals surface area contributed by atoms with Crippen molar-refractivity contribution in [1.82, 2.24) is 9.78 Å². The smallest absolute Gasteiger partial charge is 0.136 e. The van der Waals surface area contributed by atoms with Gasteiger partial charge in [0.15, 0.2) is 0 Å². The fourth-order valence-electron chi connectivity index (χ4n) is 0.882. The Hall–Kier alpha value is -1.50. The molecule has 0 saturated carbocycles. The van der Waals surface area contributed by atoms with E-state index in [1.165, 1.54) is 0 Å². The molecule has 0 bridgehead atoms. The molecule has 0 aliphatic rings. The number of hydrogen-bond donors (Lipinski definition) is 1. The molecule has 1 rings (SSSR count). The average Bonchev–Trinajstić information content (AvgIpc) is 2.32. The van der Waals surface area contributed by atoms with Gasteiger partial charge in [-0.1, -0.05) is 0 Å². The molecule has 0 spiro atoms. The van der Waals surface area contributed by atoms with Gasteiger partial charge in [-0.25, -0.2) is 0 Å². The zero-order chi connectivity index (χ0) is 8.43. The van der Waals surface area contributed by atoms with Crippen molar-refractivity contribution in [3.05, 3.63) is 11.9 Å². The molecule has 4 nitrogen and oxygen atoms in total. The summed E-state index contributed by atoms with van der Waals surface area (Å²) in [6, 6.07) is 1.84. The monoisotopic (exact) mass is 150 g/mol. The number of hydrogen-bond acceptors (Lipinski definition) is 3. The minimum absolute atomic E-state index is 0.243. The molecule has 1 atom stereocenters. The first-order valence-electron chi connectivity index (χ1n) is 3.36. The maximum atomic E-state index is 8.57. The zero-order valence-corrected chi connectivity index (χ0v) is 6.57. The van der Waals surface area contributed by atoms with Gasteiger partial charge in [0.25, 0.3) is 0 Å². The van der Waals surface area contributed by atoms with Gasteiger partial charge in [0, 0.05) is 0 Å². The van der Waals surface area contributed by atoms with Gasteiger partial charge in [-0.15, -0.1) is 0 Å². The maximum Gasteiger partial charge on any atom is 0.136 e. The average molecular weight is 150 g/mol. The van der Waals surface area contributed by atoms with Crippen LogP contribution in [-0.4, -0.2) is 9.78 Å². The maximum absolute atomic E-state index is 8.57. The molecule has 11 heavy (non-hydrogen) atoms. The summed E-state index contributed by atoms with van der Waals surface area (Å²) in [6.07, 6.45) is 1.56. The molecule has 2 N–H and O–H groups in total. The van der Waals surface area contributed by atoms with E-state index in [0.29, 0.717) is 5.69 Å². The third-order valence-electron chi connectivity index (χ3n) is 1.64. The Labute approximate surface area is 65.2 Å². The third kappa shape index (κ3) is 1.17. The Morgan fingerprint density at radius 1 is 1.82 bits per heavy atom. The second-order valence-electron chi connectivity index (χ2n) is 2.43. The summed E-state index contributed by atoms with van der Waals surface area (Å²) < 4.78 is 1.61. The summed E-state index contributed by atoms with van der Waals surface area (Å²) in [7, 11) is 0. The molecular weight excluding hydrogens is 140 g/mol. The van der Waals surface area contributed by atoms with Crippen molar-refractivity contribution < 1.29 is 0 Å². The molecule has 0 aliphatic carbocycles. The summed E-state index contributed by atoms with van der Waals surface area (Å²) in [5, 5.41) is 12.5. The molecule has 0 amide bonds. The van der Waals surface area contributed by atoms with E-state index in [1.807, 2.05) is 6.92 Å². The van der Waals surface area contributed by atoms with Crippen LogP contribution in [0.2, 0.25) is 0 Å². The molecule has 4 heteroatoms. The molecule has 0 radical (unpaired) electrons. The molecule has 0 aromatic carbocycles. The number of nitrogen functional groups attached to an aromatic ring is 1. The summed E-state index contributed by atoms with van der Waals surface area (Å²) in [5.74, 6) is 0. The molecule has 58 valence electrons. The quantitative estimate of drug-likeness (QED) is 0.645. The second kappa shape index (κ2) is 2.62. The predicted molar refractivity (Wildman–Crippen MR) is 41.7 cm³/mol. The van der Waals surface area contributed by atoms with Gasteiger partial charge in [-0.3, -0.25) is 4.68 Å². The number of aromatic nitrogens is 2. The summed E-state index contributed by atoms with van der Waals surface area (Å²) in [6.45, 7) is 3.62. The Balaban J connectivity index is 3.07. The van der Waals surface area contributed by atoms with Crippen LogP contribution in [-0.2, 0) is 0 Å². The van der Waals surface area contributed by atoms with Crippen LogP contribution in [0.25, 0.3) is 0 Å². The van der Waals surface area contributed by atoms with Gasteiger partial charge >= 0.3 is 0 Å². The van der Waals surface area contributed by atoms with Gasteiger partial charge in [0.05, 0.1) is 23.6 Å². The zero-order valence-electron chi connectivity index (χ0n) is 6.57. The van der Waals surface area contributed by atoms with E-state index in [2.05, 4.69) is 11.2 Å². The molecule has 0 saturated heterocycles. The van der Waals surface area contributed by atoms with Crippen molar-refractivity contribution >= 4 is 5.69 Å². The summed E-state index contributed by atoms with van der Waals surface area (Å²) in [5.41, 5.74) is 7.02. The van der Waals surface area contributed by atoms with Crippen LogP contribution < -0.4 is 5.73 Å². The molecule has 1 aromatic heterocycles. The van der Waals surface area contributed by atoms with E-state index in [4.69, 9.17) is 11.0 Å². The van der Waals surface area contributed by atoms with E-state index >= 15 is 0 Å². The van der Waals surface area contributed by atoms with E-state index in [9.17, 15) is 0 Å². The predicted octanol–water partition coefficient (Wildman–Crippen LogP) is 0.858. The number of nitriles is 1. The Bertz CT molecular complexity index is 294. The van der Waals surface area contributed by atoms with Gasteiger partial charge < -0.3 is 5.73 Å². The third-order valence-corrected chi connectivity index (χ3v) is 1.64. The van der Waals surface area contributed by atoms with Crippen molar-refractivity contribution in [3.8, 4) is 6.07 Å². The Kier molecular flexibility index (Phi) is 1.81. The van der Waals surface area contributed by atoms with Crippen LogP contribution in [0.5, 0.6) is 0 Å². The van der Waals surface area contributed by atoms with E-state index in [-0.39, 0.29) is 6.04 Å². The number of anilines is 1. The summed E-state index contributed by atoms with van der Waals surface area (Å²) in [4.78, 5) is 0. The van der Waals surface area contributed by atoms with Crippen molar-refractivity contribution in [2.24, 2.45) is 0 Å². The lowest BCUT2D eigenvalue weighted by atomic mass is 10.3. The number of nitrogens with zero attached hydrogens (tertiary/aromatic N) is 3. The topological polar surface area (TPSA) is 67.6 Å². The van der Waals surface area contributed by atoms with Crippen LogP contribution in [0.1, 0.15) is 18.7 Å². The lowest BCUT2D eigenvalue weighted by Gasteiger charge is -2.04. The molecular formula is C7H10N4. The molecule has 0 fully saturated rings. The van der Waals surface area contributed by atoms with Gasteiger partial charge in [0.2, 0.25) is 0 Å². The highest BCUT2D eigenvalue weighted by Crippen LogP contribution is 2.13. The minimum Gasteiger partial charge on any atom is -0.396 e. The standard InChI is InChI=1S/C7H10N4/c1-5(3-8)11-6(2)7(9)4-10-11/h4-5H,9H2,1-2H3. The van der Waals surface area contributed by atoms with Crippen molar-refractivity contribution in [2.75, 3.05) is 5.73 Å². The highest BCUT2D eigenvalue weighted by molar-refractivity contribution is 5.40. The first-order valence-corrected chi connectivity index (χ1v) is 3.36. The van der Waals surface area contributed by atoms with Crippen molar-refractivity contribution in [1.29, 1.82) is 5.26 Å². The highest BCUT2D eigenvalue weighted by Gasteiger charge is 2.07. The lowest BCUT2D eigenvalue weighted by Crippen LogP contribution is -2.06. The van der Waals surface area contributed by atoms with Crippen LogP contribution in [0.4, 0.5) is 5.69 Å². The number of nitrogens with two attached hydrogens (primary N) is 1. The highest BCUT2D eigenvalue weighted by atomic mass is 15.3. The van der Waals surface area contributed by atoms with Crippen LogP contribution in [0.3, 0.4) is 0 Å². The fraction of sp³-hybridized carbons (Fsp3) is 0.429. The van der Waals surface area contributed by atoms with Crippen LogP contribution in [0.15, 0.2) is 6.20 Å². The van der Waals surface area contributed by atoms with Crippen LogP contribution >= 0.6 is 0 Å². The van der Waals surface area contributed by atoms with E-state index in [0.717, 1.165) is 5.69 Å². The second-order valence-corrected chi connectivity index (χ2v) is 2.43. The van der Waals surface area contributed by atoms with E-state index in [1.54, 1.807) is 17.8 Å². The molecule has 1 aromatic rings. The Morgan fingerprint density at radius 2 is 2.45 bits per heavy atom. The summed E-state index contributed by atoms with van der Waals surface area (Å²) >= 11 is 0. The lowest BCUT2D eigenvalue weighted by molar-refractivity contribution is 0.575. The van der Waals surface area contributed by atoms with Gasteiger partial charge in [0.1, 0.15) is 6.04 Å². The van der Waals surface area contributed by atoms with E-state index < -0.39 is 0 Å². The molecule has 1 unspecified atom stereocenters. The molecule has 0 aliphatic heterocycles. The largest absolute Gasteiger partial charge is 0.396 e. The van der Waals surface area contributed by atoms with Crippen LogP contribution in [0, 0.1) is 18.3 Å². The first-order chi connectivity index (χ1) is 5.16. The van der Waals surface area contributed by atoms with Gasteiger partial charge in [-0.2, -0.15) is 10.4 Å². The Morgan fingerprint density at radius 3 is 2.82 bits per heavy atom. The van der Waals surface area contributed by atoms with Crippen molar-refractivity contribution in [2.45, 2.75) is 19.9 Å². The first kappa shape index (κ1) is 7.61.